The van der Waals surface area contributed by atoms with Gasteiger partial charge >= 0.3 is 5.69 Å². The molecule has 2 aromatic heterocycles. The van der Waals surface area contributed by atoms with Crippen molar-refractivity contribution in [2.24, 2.45) is 7.05 Å². The minimum atomic E-state index is -0.451. The molecule has 0 bridgehead atoms. The van der Waals surface area contributed by atoms with Crippen molar-refractivity contribution >= 4 is 28.7 Å². The normalized spacial score (nSPS) is 11.3. The van der Waals surface area contributed by atoms with Gasteiger partial charge in [-0.1, -0.05) is 93.2 Å². The zero-order chi connectivity index (χ0) is 27.2. The number of carbonyl (C=O) groups excluding carboxylic acids is 1. The molecule has 0 aliphatic heterocycles. The first kappa shape index (κ1) is 27.3. The summed E-state index contributed by atoms with van der Waals surface area (Å²) in [6, 6.07) is 19.8. The first-order valence-electron chi connectivity index (χ1n) is 12.8. The van der Waals surface area contributed by atoms with Crippen molar-refractivity contribution in [3.8, 4) is 0 Å². The molecule has 38 heavy (non-hydrogen) atoms. The highest BCUT2D eigenvalue weighted by molar-refractivity contribution is 8.00. The predicted molar refractivity (Wildman–Crippen MR) is 151 cm³/mol. The van der Waals surface area contributed by atoms with E-state index in [0.29, 0.717) is 42.6 Å². The zero-order valence-electron chi connectivity index (χ0n) is 22.3. The summed E-state index contributed by atoms with van der Waals surface area (Å²) in [6.45, 7) is 7.26. The van der Waals surface area contributed by atoms with Gasteiger partial charge in [0.15, 0.2) is 5.65 Å². The number of benzene rings is 2. The Kier molecular flexibility index (Phi) is 8.78. The van der Waals surface area contributed by atoms with Gasteiger partial charge in [0.25, 0.3) is 5.56 Å². The van der Waals surface area contributed by atoms with Crippen LogP contribution in [0.1, 0.15) is 50.1 Å². The first-order valence-corrected chi connectivity index (χ1v) is 13.8. The van der Waals surface area contributed by atoms with Crippen LogP contribution in [0.5, 0.6) is 0 Å². The SMILES string of the molecule is CCCn1c(=O)n(C)c(=O)c2c(SCC(=O)N(Cc3ccccc3)Cc3ccccc3)nc(C(C)C)nc21. The summed E-state index contributed by atoms with van der Waals surface area (Å²) in [5.74, 6) is 0.547. The quantitative estimate of drug-likeness (QED) is 0.223. The van der Waals surface area contributed by atoms with E-state index in [1.807, 2.05) is 86.3 Å². The average Bonchev–Trinajstić information content (AvgIpc) is 2.93. The summed E-state index contributed by atoms with van der Waals surface area (Å²) in [6.07, 6.45) is 0.711. The molecular weight excluding hydrogens is 498 g/mol. The van der Waals surface area contributed by atoms with Crippen LogP contribution in [-0.4, -0.2) is 35.7 Å². The van der Waals surface area contributed by atoms with E-state index in [9.17, 15) is 14.4 Å². The second-order valence-electron chi connectivity index (χ2n) is 9.55. The molecule has 0 unspecified atom stereocenters. The number of fused-ring (bicyclic) bond motifs is 1. The number of carbonyl (C=O) groups is 1. The van der Waals surface area contributed by atoms with Crippen LogP contribution in [0.15, 0.2) is 75.3 Å². The Labute approximate surface area is 226 Å². The highest BCUT2D eigenvalue weighted by Crippen LogP contribution is 2.26. The fraction of sp³-hybridized carbons (Fsp3) is 0.345. The van der Waals surface area contributed by atoms with E-state index in [1.54, 1.807) is 0 Å². The summed E-state index contributed by atoms with van der Waals surface area (Å²) in [5.41, 5.74) is 1.55. The van der Waals surface area contributed by atoms with Crippen LogP contribution in [-0.2, 0) is 31.5 Å². The van der Waals surface area contributed by atoms with Gasteiger partial charge in [0.2, 0.25) is 5.91 Å². The third kappa shape index (κ3) is 6.05. The number of hydrogen-bond donors (Lipinski definition) is 0. The van der Waals surface area contributed by atoms with Crippen molar-refractivity contribution in [1.82, 2.24) is 24.0 Å². The third-order valence-corrected chi connectivity index (χ3v) is 7.21. The van der Waals surface area contributed by atoms with Crippen LogP contribution in [0.25, 0.3) is 11.0 Å². The van der Waals surface area contributed by atoms with Gasteiger partial charge in [-0.3, -0.25) is 18.7 Å². The number of amides is 1. The number of aromatic nitrogens is 4. The van der Waals surface area contributed by atoms with Gasteiger partial charge in [-0.25, -0.2) is 14.8 Å². The van der Waals surface area contributed by atoms with Crippen LogP contribution in [0.4, 0.5) is 0 Å². The Morgan fingerprint density at radius 2 is 1.53 bits per heavy atom. The zero-order valence-corrected chi connectivity index (χ0v) is 23.1. The Balaban J connectivity index is 1.70. The summed E-state index contributed by atoms with van der Waals surface area (Å²) in [5, 5.41) is 0.706. The number of hydrogen-bond acceptors (Lipinski definition) is 6. The van der Waals surface area contributed by atoms with Crippen LogP contribution < -0.4 is 11.2 Å². The Morgan fingerprint density at radius 1 is 0.947 bits per heavy atom. The van der Waals surface area contributed by atoms with Gasteiger partial charge in [-0.2, -0.15) is 0 Å². The monoisotopic (exact) mass is 531 g/mol. The van der Waals surface area contributed by atoms with Crippen molar-refractivity contribution in [3.63, 3.8) is 0 Å². The maximum atomic E-state index is 13.6. The molecular formula is C29H33N5O3S. The molecule has 4 rings (SSSR count). The van der Waals surface area contributed by atoms with Crippen LogP contribution in [0.3, 0.4) is 0 Å². The molecule has 2 aromatic carbocycles. The smallest absolute Gasteiger partial charge is 0.332 e. The molecule has 0 atom stereocenters. The van der Waals surface area contributed by atoms with Gasteiger partial charge < -0.3 is 4.90 Å². The second kappa shape index (κ2) is 12.2. The average molecular weight is 532 g/mol. The molecule has 0 aliphatic rings. The Hall–Kier alpha value is -3.72. The van der Waals surface area contributed by atoms with Crippen molar-refractivity contribution in [2.45, 2.75) is 57.8 Å². The summed E-state index contributed by atoms with van der Waals surface area (Å²) in [4.78, 5) is 50.8. The molecule has 0 radical (unpaired) electrons. The standard InChI is InChI=1S/C29H33N5O3S/c1-5-16-34-26-24(28(36)32(4)29(34)37)27(31-25(30-26)20(2)3)38-19-23(35)33(17-21-12-8-6-9-13-21)18-22-14-10-7-11-15-22/h6-15,20H,5,16-19H2,1-4H3. The maximum absolute atomic E-state index is 13.6. The molecule has 1 amide bonds. The van der Waals surface area contributed by atoms with E-state index in [-0.39, 0.29) is 23.0 Å². The molecule has 2 heterocycles. The van der Waals surface area contributed by atoms with Gasteiger partial charge in [0, 0.05) is 32.6 Å². The lowest BCUT2D eigenvalue weighted by atomic mass is 10.1. The van der Waals surface area contributed by atoms with Gasteiger partial charge in [-0.15, -0.1) is 0 Å². The summed E-state index contributed by atoms with van der Waals surface area (Å²) >= 11 is 1.22. The summed E-state index contributed by atoms with van der Waals surface area (Å²) < 4.78 is 2.63. The minimum absolute atomic E-state index is 0.0173. The van der Waals surface area contributed by atoms with Crippen LogP contribution in [0, 0.1) is 0 Å². The van der Waals surface area contributed by atoms with Gasteiger partial charge in [-0.05, 0) is 17.5 Å². The molecule has 4 aromatic rings. The lowest BCUT2D eigenvalue weighted by molar-refractivity contribution is -0.129. The molecule has 198 valence electrons. The van der Waals surface area contributed by atoms with Crippen LogP contribution >= 0.6 is 11.8 Å². The molecule has 8 nitrogen and oxygen atoms in total. The minimum Gasteiger partial charge on any atom is -0.333 e. The Morgan fingerprint density at radius 3 is 2.05 bits per heavy atom. The Bertz CT molecular complexity index is 1490. The van der Waals surface area contributed by atoms with E-state index in [1.165, 1.54) is 23.4 Å². The van der Waals surface area contributed by atoms with E-state index in [0.717, 1.165) is 15.7 Å². The van der Waals surface area contributed by atoms with E-state index in [4.69, 9.17) is 0 Å². The van der Waals surface area contributed by atoms with Crippen LogP contribution in [0.2, 0.25) is 0 Å². The fourth-order valence-corrected chi connectivity index (χ4v) is 5.13. The highest BCUT2D eigenvalue weighted by atomic mass is 32.2. The third-order valence-electron chi connectivity index (χ3n) is 6.25. The first-order chi connectivity index (χ1) is 18.3. The lowest BCUT2D eigenvalue weighted by Crippen LogP contribution is -2.39. The van der Waals surface area contributed by atoms with E-state index >= 15 is 0 Å². The number of aryl methyl sites for hydroxylation is 1. The molecule has 0 N–H and O–H groups in total. The summed E-state index contributed by atoms with van der Waals surface area (Å²) in [7, 11) is 1.47. The highest BCUT2D eigenvalue weighted by Gasteiger charge is 2.22. The van der Waals surface area contributed by atoms with Crippen molar-refractivity contribution in [3.05, 3.63) is 98.5 Å². The molecule has 0 aliphatic carbocycles. The number of nitrogens with zero attached hydrogens (tertiary/aromatic N) is 5. The molecule has 9 heteroatoms. The predicted octanol–water partition coefficient (Wildman–Crippen LogP) is 4.34. The van der Waals surface area contributed by atoms with E-state index in [2.05, 4.69) is 9.97 Å². The molecule has 0 saturated heterocycles. The topological polar surface area (TPSA) is 90.1 Å². The van der Waals surface area contributed by atoms with E-state index < -0.39 is 11.2 Å². The maximum Gasteiger partial charge on any atom is 0.332 e. The lowest BCUT2D eigenvalue weighted by Gasteiger charge is -2.23. The molecule has 0 saturated carbocycles. The molecule has 0 spiro atoms. The fourth-order valence-electron chi connectivity index (χ4n) is 4.20. The number of thioether (sulfide) groups is 1. The van der Waals surface area contributed by atoms with Gasteiger partial charge in [0.1, 0.15) is 16.2 Å². The van der Waals surface area contributed by atoms with Crippen molar-refractivity contribution in [2.75, 3.05) is 5.75 Å². The number of rotatable bonds is 10. The van der Waals surface area contributed by atoms with Crippen molar-refractivity contribution < 1.29 is 4.79 Å². The van der Waals surface area contributed by atoms with Crippen molar-refractivity contribution in [1.29, 1.82) is 0 Å². The molecule has 0 fully saturated rings. The second-order valence-corrected chi connectivity index (χ2v) is 10.5. The van der Waals surface area contributed by atoms with Gasteiger partial charge in [0.05, 0.1) is 5.75 Å². The largest absolute Gasteiger partial charge is 0.333 e.